The van der Waals surface area contributed by atoms with Gasteiger partial charge >= 0.3 is 5.97 Å². The molecule has 0 saturated heterocycles. The molecule has 0 spiro atoms. The van der Waals surface area contributed by atoms with Crippen LogP contribution in [0.4, 0.5) is 0 Å². The van der Waals surface area contributed by atoms with Crippen LogP contribution in [0.25, 0.3) is 0 Å². The molecule has 118 valence electrons. The second kappa shape index (κ2) is 7.99. The number of rotatable bonds is 8. The van der Waals surface area contributed by atoms with E-state index in [0.29, 0.717) is 22.2 Å². The highest BCUT2D eigenvalue weighted by Crippen LogP contribution is 2.30. The molecule has 0 fully saturated rings. The van der Waals surface area contributed by atoms with Crippen LogP contribution >= 0.6 is 23.2 Å². The largest absolute Gasteiger partial charge is 0.480 e. The van der Waals surface area contributed by atoms with Crippen LogP contribution in [0, 0.1) is 0 Å². The van der Waals surface area contributed by atoms with Crippen LogP contribution < -0.4 is 5.32 Å². The third-order valence-electron chi connectivity index (χ3n) is 3.70. The Morgan fingerprint density at radius 2 is 1.95 bits per heavy atom. The van der Waals surface area contributed by atoms with Crippen LogP contribution in [0.5, 0.6) is 0 Å². The molecule has 21 heavy (non-hydrogen) atoms. The van der Waals surface area contributed by atoms with Gasteiger partial charge in [-0.25, -0.2) is 4.79 Å². The Hall–Kier alpha value is -0.810. The number of benzene rings is 1. The van der Waals surface area contributed by atoms with Gasteiger partial charge in [0.2, 0.25) is 0 Å². The highest BCUT2D eigenvalue weighted by molar-refractivity contribution is 6.33. The van der Waals surface area contributed by atoms with Gasteiger partial charge < -0.3 is 10.0 Å². The minimum absolute atomic E-state index is 0.389. The van der Waals surface area contributed by atoms with E-state index in [9.17, 15) is 9.90 Å². The van der Waals surface area contributed by atoms with Gasteiger partial charge in [0.25, 0.3) is 0 Å². The van der Waals surface area contributed by atoms with Gasteiger partial charge in [0.15, 0.2) is 0 Å². The number of halogens is 2. The first kappa shape index (κ1) is 18.2. The van der Waals surface area contributed by atoms with Gasteiger partial charge in [-0.1, -0.05) is 37.0 Å². The van der Waals surface area contributed by atoms with Crippen LogP contribution in [0.3, 0.4) is 0 Å². The van der Waals surface area contributed by atoms with Crippen LogP contribution in [0.2, 0.25) is 10.0 Å². The molecular formula is C15H22Cl2N2O2. The molecule has 0 bridgehead atoms. The first-order valence-electron chi connectivity index (χ1n) is 7.01. The lowest BCUT2D eigenvalue weighted by Gasteiger charge is -2.29. The minimum atomic E-state index is -1.27. The van der Waals surface area contributed by atoms with Gasteiger partial charge in [-0.2, -0.15) is 0 Å². The normalized spacial score (nSPS) is 14.2. The van der Waals surface area contributed by atoms with Gasteiger partial charge in [-0.15, -0.1) is 0 Å². The molecule has 2 N–H and O–H groups in total. The predicted molar refractivity (Wildman–Crippen MR) is 87.2 cm³/mol. The highest BCUT2D eigenvalue weighted by atomic mass is 35.5. The van der Waals surface area contributed by atoms with Crippen molar-refractivity contribution in [1.29, 1.82) is 0 Å². The molecule has 0 amide bonds. The molecule has 1 unspecified atom stereocenters. The van der Waals surface area contributed by atoms with Crippen molar-refractivity contribution in [2.75, 3.05) is 26.2 Å². The molecule has 0 heterocycles. The van der Waals surface area contributed by atoms with Crippen molar-refractivity contribution in [2.24, 2.45) is 0 Å². The summed E-state index contributed by atoms with van der Waals surface area (Å²) in [6, 6.07) is 4.86. The van der Waals surface area contributed by atoms with Gasteiger partial charge in [-0.05, 0) is 38.2 Å². The van der Waals surface area contributed by atoms with Crippen molar-refractivity contribution in [1.82, 2.24) is 10.2 Å². The number of carbonyl (C=O) groups is 1. The summed E-state index contributed by atoms with van der Waals surface area (Å²) in [6.07, 6.45) is 0. The Labute approximate surface area is 136 Å². The van der Waals surface area contributed by atoms with Crippen molar-refractivity contribution in [3.8, 4) is 0 Å². The van der Waals surface area contributed by atoms with E-state index in [-0.39, 0.29) is 0 Å². The van der Waals surface area contributed by atoms with Crippen molar-refractivity contribution in [3.05, 3.63) is 33.8 Å². The SMILES string of the molecule is CCN(CC)CCNC(C)(C(=O)O)c1cc(Cl)ccc1Cl. The second-order valence-corrected chi connectivity index (χ2v) is 5.85. The lowest BCUT2D eigenvalue weighted by Crippen LogP contribution is -2.49. The molecular weight excluding hydrogens is 311 g/mol. The van der Waals surface area contributed by atoms with Gasteiger partial charge in [0.05, 0.1) is 0 Å². The fourth-order valence-electron chi connectivity index (χ4n) is 2.17. The third-order valence-corrected chi connectivity index (χ3v) is 4.26. The summed E-state index contributed by atoms with van der Waals surface area (Å²) in [7, 11) is 0. The number of likely N-dealkylation sites (N-methyl/N-ethyl adjacent to an activating group) is 1. The average Bonchev–Trinajstić information content (AvgIpc) is 2.45. The molecule has 1 aromatic carbocycles. The zero-order valence-electron chi connectivity index (χ0n) is 12.6. The minimum Gasteiger partial charge on any atom is -0.480 e. The third kappa shape index (κ3) is 4.58. The van der Waals surface area contributed by atoms with E-state index in [0.717, 1.165) is 19.6 Å². The maximum Gasteiger partial charge on any atom is 0.328 e. The molecule has 1 aromatic rings. The number of aliphatic carboxylic acids is 1. The van der Waals surface area contributed by atoms with E-state index in [1.165, 1.54) is 0 Å². The molecule has 1 rings (SSSR count). The second-order valence-electron chi connectivity index (χ2n) is 5.01. The summed E-state index contributed by atoms with van der Waals surface area (Å²) < 4.78 is 0. The van der Waals surface area contributed by atoms with Crippen molar-refractivity contribution < 1.29 is 9.90 Å². The van der Waals surface area contributed by atoms with Crippen LogP contribution in [-0.4, -0.2) is 42.2 Å². The summed E-state index contributed by atoms with van der Waals surface area (Å²) in [4.78, 5) is 13.9. The molecule has 4 nitrogen and oxygen atoms in total. The maximum absolute atomic E-state index is 11.7. The number of carboxylic acids is 1. The van der Waals surface area contributed by atoms with Crippen molar-refractivity contribution >= 4 is 29.2 Å². The van der Waals surface area contributed by atoms with Crippen LogP contribution in [0.1, 0.15) is 26.3 Å². The number of hydrogen-bond donors (Lipinski definition) is 2. The topological polar surface area (TPSA) is 52.6 Å². The number of nitrogens with one attached hydrogen (secondary N) is 1. The first-order chi connectivity index (χ1) is 9.85. The summed E-state index contributed by atoms with van der Waals surface area (Å²) in [5.41, 5.74) is -0.793. The summed E-state index contributed by atoms with van der Waals surface area (Å²) in [6.45, 7) is 8.94. The Bertz CT molecular complexity index is 493. The molecule has 0 aliphatic heterocycles. The lowest BCUT2D eigenvalue weighted by atomic mass is 9.92. The smallest absolute Gasteiger partial charge is 0.328 e. The summed E-state index contributed by atoms with van der Waals surface area (Å²) >= 11 is 12.1. The molecule has 0 aromatic heterocycles. The van der Waals surface area contributed by atoms with E-state index in [2.05, 4.69) is 24.1 Å². The molecule has 0 saturated carbocycles. The highest BCUT2D eigenvalue weighted by Gasteiger charge is 2.36. The lowest BCUT2D eigenvalue weighted by molar-refractivity contribution is -0.144. The van der Waals surface area contributed by atoms with Gasteiger partial charge in [0.1, 0.15) is 5.54 Å². The van der Waals surface area contributed by atoms with Crippen molar-refractivity contribution in [2.45, 2.75) is 26.3 Å². The summed E-state index contributed by atoms with van der Waals surface area (Å²) in [5, 5.41) is 13.6. The maximum atomic E-state index is 11.7. The zero-order chi connectivity index (χ0) is 16.0. The van der Waals surface area contributed by atoms with E-state index < -0.39 is 11.5 Å². The molecule has 0 aliphatic rings. The standard InChI is InChI=1S/C15H22Cl2N2O2/c1-4-19(5-2)9-8-18-15(3,14(20)21)12-10-11(16)6-7-13(12)17/h6-7,10,18H,4-5,8-9H2,1-3H3,(H,20,21). The fraction of sp³-hybridized carbons (Fsp3) is 0.533. The van der Waals surface area contributed by atoms with E-state index in [4.69, 9.17) is 23.2 Å². The first-order valence-corrected chi connectivity index (χ1v) is 7.77. The summed E-state index contributed by atoms with van der Waals surface area (Å²) in [5.74, 6) is -0.980. The molecule has 1 atom stereocenters. The fourth-order valence-corrected chi connectivity index (χ4v) is 2.65. The van der Waals surface area contributed by atoms with E-state index >= 15 is 0 Å². The molecule has 0 aliphatic carbocycles. The molecule has 0 radical (unpaired) electrons. The Balaban J connectivity index is 2.93. The van der Waals surface area contributed by atoms with Crippen LogP contribution in [0.15, 0.2) is 18.2 Å². The van der Waals surface area contributed by atoms with Gasteiger partial charge in [0, 0.05) is 28.7 Å². The van der Waals surface area contributed by atoms with Gasteiger partial charge in [-0.3, -0.25) is 5.32 Å². The number of nitrogens with zero attached hydrogens (tertiary/aromatic N) is 1. The van der Waals surface area contributed by atoms with Crippen molar-refractivity contribution in [3.63, 3.8) is 0 Å². The van der Waals surface area contributed by atoms with E-state index in [1.54, 1.807) is 25.1 Å². The predicted octanol–water partition coefficient (Wildman–Crippen LogP) is 3.22. The zero-order valence-corrected chi connectivity index (χ0v) is 14.1. The van der Waals surface area contributed by atoms with E-state index in [1.807, 2.05) is 0 Å². The average molecular weight is 333 g/mol. The Kier molecular flexibility index (Phi) is 6.94. The Morgan fingerprint density at radius 3 is 2.48 bits per heavy atom. The Morgan fingerprint density at radius 1 is 1.33 bits per heavy atom. The monoisotopic (exact) mass is 332 g/mol. The van der Waals surface area contributed by atoms with Crippen LogP contribution in [-0.2, 0) is 10.3 Å². The quantitative estimate of drug-likeness (QED) is 0.767. The number of carboxylic acid groups (broad SMARTS) is 1. The number of hydrogen-bond acceptors (Lipinski definition) is 3. The molecule has 6 heteroatoms.